The molecule has 1 N–H and O–H groups in total. The summed E-state index contributed by atoms with van der Waals surface area (Å²) in [4.78, 5) is 0. The van der Waals surface area contributed by atoms with Crippen LogP contribution in [0, 0.1) is 5.92 Å². The Morgan fingerprint density at radius 3 is 2.72 bits per heavy atom. The molecule has 0 radical (unpaired) electrons. The first kappa shape index (κ1) is 13.7. The van der Waals surface area contributed by atoms with Crippen molar-refractivity contribution >= 4 is 11.6 Å². The van der Waals surface area contributed by atoms with Crippen LogP contribution in [0.1, 0.15) is 44.2 Å². The van der Waals surface area contributed by atoms with Crippen LogP contribution in [-0.2, 0) is 0 Å². The highest BCUT2D eigenvalue weighted by Crippen LogP contribution is 2.37. The summed E-state index contributed by atoms with van der Waals surface area (Å²) in [5.74, 6) is 1.69. The zero-order chi connectivity index (χ0) is 13.0. The van der Waals surface area contributed by atoms with E-state index in [1.807, 2.05) is 12.1 Å². The van der Waals surface area contributed by atoms with Gasteiger partial charge in [-0.1, -0.05) is 43.9 Å². The van der Waals surface area contributed by atoms with E-state index in [1.54, 1.807) is 7.11 Å². The molecule has 3 heteroatoms. The van der Waals surface area contributed by atoms with E-state index in [9.17, 15) is 0 Å². The van der Waals surface area contributed by atoms with Crippen LogP contribution in [0.15, 0.2) is 18.2 Å². The van der Waals surface area contributed by atoms with Crippen molar-refractivity contribution in [2.45, 2.75) is 38.6 Å². The lowest BCUT2D eigenvalue weighted by molar-refractivity contribution is 0.262. The van der Waals surface area contributed by atoms with Crippen LogP contribution in [0.5, 0.6) is 5.75 Å². The number of rotatable bonds is 6. The van der Waals surface area contributed by atoms with Crippen LogP contribution in [-0.4, -0.2) is 13.7 Å². The molecule has 1 fully saturated rings. The summed E-state index contributed by atoms with van der Waals surface area (Å²) in [6, 6.07) is 6.36. The average Bonchev–Trinajstić information content (AvgIpc) is 2.32. The molecule has 1 unspecified atom stereocenters. The Hall–Kier alpha value is -0.730. The van der Waals surface area contributed by atoms with Crippen molar-refractivity contribution in [1.29, 1.82) is 0 Å². The number of methoxy groups -OCH3 is 1. The molecule has 0 spiro atoms. The Morgan fingerprint density at radius 2 is 2.22 bits per heavy atom. The quantitative estimate of drug-likeness (QED) is 0.834. The van der Waals surface area contributed by atoms with E-state index in [2.05, 4.69) is 18.3 Å². The molecule has 0 heterocycles. The number of halogens is 1. The van der Waals surface area contributed by atoms with E-state index in [1.165, 1.54) is 31.2 Å². The van der Waals surface area contributed by atoms with Crippen LogP contribution < -0.4 is 10.1 Å². The maximum absolute atomic E-state index is 6.36. The molecule has 1 aliphatic carbocycles. The normalized spacial score (nSPS) is 17.3. The average molecular weight is 268 g/mol. The molecule has 2 rings (SSSR count). The van der Waals surface area contributed by atoms with Crippen molar-refractivity contribution in [3.63, 3.8) is 0 Å². The number of hydrogen-bond acceptors (Lipinski definition) is 2. The fourth-order valence-electron chi connectivity index (χ4n) is 2.55. The largest absolute Gasteiger partial charge is 0.497 e. The molecule has 18 heavy (non-hydrogen) atoms. The SMILES string of the molecule is CCNC(CC1CCC1)c1ccc(OC)cc1Cl. The summed E-state index contributed by atoms with van der Waals surface area (Å²) in [7, 11) is 1.67. The molecular formula is C15H22ClNO. The van der Waals surface area contributed by atoms with Crippen LogP contribution in [0.25, 0.3) is 0 Å². The van der Waals surface area contributed by atoms with Gasteiger partial charge in [-0.15, -0.1) is 0 Å². The molecule has 1 aliphatic rings. The Morgan fingerprint density at radius 1 is 1.44 bits per heavy atom. The molecular weight excluding hydrogens is 246 g/mol. The van der Waals surface area contributed by atoms with Gasteiger partial charge in [-0.25, -0.2) is 0 Å². The first-order valence-corrected chi connectivity index (χ1v) is 7.19. The van der Waals surface area contributed by atoms with E-state index in [4.69, 9.17) is 16.3 Å². The van der Waals surface area contributed by atoms with Gasteiger partial charge in [0, 0.05) is 11.1 Å². The molecule has 1 atom stereocenters. The molecule has 1 aromatic rings. The van der Waals surface area contributed by atoms with Gasteiger partial charge in [-0.2, -0.15) is 0 Å². The molecule has 1 aromatic carbocycles. The van der Waals surface area contributed by atoms with Crippen molar-refractivity contribution in [3.05, 3.63) is 28.8 Å². The Kier molecular flexibility index (Phi) is 4.90. The second kappa shape index (κ2) is 6.44. The molecule has 0 aromatic heterocycles. The van der Waals surface area contributed by atoms with Gasteiger partial charge in [0.25, 0.3) is 0 Å². The molecule has 1 saturated carbocycles. The second-order valence-electron chi connectivity index (χ2n) is 5.03. The molecule has 0 bridgehead atoms. The molecule has 100 valence electrons. The predicted molar refractivity (Wildman–Crippen MR) is 76.4 cm³/mol. The van der Waals surface area contributed by atoms with Crippen molar-refractivity contribution in [2.75, 3.05) is 13.7 Å². The van der Waals surface area contributed by atoms with E-state index in [0.717, 1.165) is 23.2 Å². The molecule has 0 saturated heterocycles. The Balaban J connectivity index is 2.12. The second-order valence-corrected chi connectivity index (χ2v) is 5.44. The van der Waals surface area contributed by atoms with Crippen molar-refractivity contribution < 1.29 is 4.74 Å². The minimum absolute atomic E-state index is 0.374. The maximum Gasteiger partial charge on any atom is 0.120 e. The standard InChI is InChI=1S/C15H22ClNO/c1-3-17-15(9-11-5-4-6-11)13-8-7-12(18-2)10-14(13)16/h7-8,10-11,15,17H,3-6,9H2,1-2H3. The van der Waals surface area contributed by atoms with Gasteiger partial charge in [0.2, 0.25) is 0 Å². The summed E-state index contributed by atoms with van der Waals surface area (Å²) in [6.45, 7) is 3.12. The van der Waals surface area contributed by atoms with E-state index in [0.29, 0.717) is 6.04 Å². The van der Waals surface area contributed by atoms with Crippen LogP contribution in [0.2, 0.25) is 5.02 Å². The summed E-state index contributed by atoms with van der Waals surface area (Å²) >= 11 is 6.36. The van der Waals surface area contributed by atoms with E-state index >= 15 is 0 Å². The van der Waals surface area contributed by atoms with Crippen LogP contribution in [0.4, 0.5) is 0 Å². The summed E-state index contributed by atoms with van der Waals surface area (Å²) < 4.78 is 5.20. The Labute approximate surface area is 115 Å². The van der Waals surface area contributed by atoms with Gasteiger partial charge in [-0.3, -0.25) is 0 Å². The van der Waals surface area contributed by atoms with Crippen LogP contribution in [0.3, 0.4) is 0 Å². The Bertz CT molecular complexity index is 390. The smallest absolute Gasteiger partial charge is 0.120 e. The monoisotopic (exact) mass is 267 g/mol. The van der Waals surface area contributed by atoms with Gasteiger partial charge >= 0.3 is 0 Å². The summed E-state index contributed by atoms with van der Waals surface area (Å²) in [6.07, 6.45) is 5.32. The third kappa shape index (κ3) is 3.18. The fourth-order valence-corrected chi connectivity index (χ4v) is 2.85. The lowest BCUT2D eigenvalue weighted by Crippen LogP contribution is -2.26. The highest BCUT2D eigenvalue weighted by molar-refractivity contribution is 6.31. The summed E-state index contributed by atoms with van der Waals surface area (Å²) in [5.41, 5.74) is 1.20. The lowest BCUT2D eigenvalue weighted by Gasteiger charge is -2.30. The lowest BCUT2D eigenvalue weighted by atomic mass is 9.79. The highest BCUT2D eigenvalue weighted by Gasteiger charge is 2.23. The molecule has 0 amide bonds. The third-order valence-corrected chi connectivity index (χ3v) is 4.15. The number of benzene rings is 1. The van der Waals surface area contributed by atoms with Crippen molar-refractivity contribution in [3.8, 4) is 5.75 Å². The molecule has 2 nitrogen and oxygen atoms in total. The van der Waals surface area contributed by atoms with Gasteiger partial charge in [-0.05, 0) is 36.6 Å². The van der Waals surface area contributed by atoms with Gasteiger partial charge in [0.15, 0.2) is 0 Å². The fraction of sp³-hybridized carbons (Fsp3) is 0.600. The minimum atomic E-state index is 0.374. The highest BCUT2D eigenvalue weighted by atomic mass is 35.5. The predicted octanol–water partition coefficient (Wildman–Crippen LogP) is 4.19. The summed E-state index contributed by atoms with van der Waals surface area (Å²) in [5, 5.41) is 4.36. The third-order valence-electron chi connectivity index (χ3n) is 3.83. The van der Waals surface area contributed by atoms with Crippen LogP contribution >= 0.6 is 11.6 Å². The number of nitrogens with one attached hydrogen (secondary N) is 1. The minimum Gasteiger partial charge on any atom is -0.497 e. The zero-order valence-corrected chi connectivity index (χ0v) is 12.0. The topological polar surface area (TPSA) is 21.3 Å². The van der Waals surface area contributed by atoms with Gasteiger partial charge in [0.1, 0.15) is 5.75 Å². The first-order chi connectivity index (χ1) is 8.74. The maximum atomic E-state index is 6.36. The zero-order valence-electron chi connectivity index (χ0n) is 11.2. The number of hydrogen-bond donors (Lipinski definition) is 1. The first-order valence-electron chi connectivity index (χ1n) is 6.81. The van der Waals surface area contributed by atoms with Crippen molar-refractivity contribution in [1.82, 2.24) is 5.32 Å². The van der Waals surface area contributed by atoms with E-state index < -0.39 is 0 Å². The van der Waals surface area contributed by atoms with Gasteiger partial charge < -0.3 is 10.1 Å². The molecule has 0 aliphatic heterocycles. The van der Waals surface area contributed by atoms with Crippen molar-refractivity contribution in [2.24, 2.45) is 5.92 Å². The van der Waals surface area contributed by atoms with Gasteiger partial charge in [0.05, 0.1) is 7.11 Å². The number of ether oxygens (including phenoxy) is 1. The van der Waals surface area contributed by atoms with E-state index in [-0.39, 0.29) is 0 Å².